The lowest BCUT2D eigenvalue weighted by Crippen LogP contribution is -2.13. The Morgan fingerprint density at radius 1 is 0.964 bits per heavy atom. The number of hydrogen-bond acceptors (Lipinski definition) is 3. The smallest absolute Gasteiger partial charge is 0.266 e. The molecule has 0 atom stereocenters. The average Bonchev–Trinajstić information content (AvgIpc) is 3.09. The number of anilines is 1. The summed E-state index contributed by atoms with van der Waals surface area (Å²) in [6.45, 7) is 0. The van der Waals surface area contributed by atoms with E-state index in [2.05, 4.69) is 5.32 Å². The van der Waals surface area contributed by atoms with Gasteiger partial charge in [-0.15, -0.1) is 0 Å². The minimum absolute atomic E-state index is 0.158. The molecule has 1 aromatic heterocycles. The average molecular weight is 452 g/mol. The molecule has 0 saturated heterocycles. The minimum Gasteiger partial charge on any atom is -0.457 e. The number of carbonyl (C=O) groups is 1. The molecule has 0 aliphatic rings. The Hall–Kier alpha value is -2.42. The fourth-order valence-electron chi connectivity index (χ4n) is 2.38. The van der Waals surface area contributed by atoms with Crippen LogP contribution in [0.5, 0.6) is 0 Å². The number of halogens is 4. The van der Waals surface area contributed by atoms with E-state index in [9.17, 15) is 10.1 Å². The van der Waals surface area contributed by atoms with E-state index in [0.29, 0.717) is 42.9 Å². The number of nitrogens with one attached hydrogen (secondary N) is 1. The number of benzene rings is 2. The number of nitriles is 1. The molecule has 3 aromatic rings. The number of nitrogens with zero attached hydrogens (tertiary/aromatic N) is 1. The first-order valence-corrected chi connectivity index (χ1v) is 9.31. The molecule has 0 fully saturated rings. The highest BCUT2D eigenvalue weighted by Crippen LogP contribution is 2.32. The molecular weight excluding hydrogens is 442 g/mol. The van der Waals surface area contributed by atoms with Gasteiger partial charge < -0.3 is 9.73 Å². The fraction of sp³-hybridized carbons (Fsp3) is 0. The van der Waals surface area contributed by atoms with Crippen LogP contribution in [0.2, 0.25) is 20.1 Å². The molecular formula is C20H10Cl4N2O2. The van der Waals surface area contributed by atoms with Gasteiger partial charge in [0.2, 0.25) is 0 Å². The first kappa shape index (κ1) is 20.3. The predicted molar refractivity (Wildman–Crippen MR) is 113 cm³/mol. The van der Waals surface area contributed by atoms with E-state index in [0.717, 1.165) is 0 Å². The van der Waals surface area contributed by atoms with E-state index in [-0.39, 0.29) is 5.57 Å². The van der Waals surface area contributed by atoms with Crippen LogP contribution in [0.4, 0.5) is 5.69 Å². The second kappa shape index (κ2) is 8.72. The third-order valence-corrected chi connectivity index (χ3v) is 4.59. The second-order valence-corrected chi connectivity index (χ2v) is 7.32. The van der Waals surface area contributed by atoms with E-state index < -0.39 is 5.91 Å². The van der Waals surface area contributed by atoms with Crippen molar-refractivity contribution < 1.29 is 9.21 Å². The number of furan rings is 1. The highest BCUT2D eigenvalue weighted by Gasteiger charge is 2.13. The molecule has 1 N–H and O–H groups in total. The van der Waals surface area contributed by atoms with Crippen LogP contribution in [0.15, 0.2) is 58.5 Å². The van der Waals surface area contributed by atoms with Gasteiger partial charge in [0, 0.05) is 32.4 Å². The van der Waals surface area contributed by atoms with Crippen molar-refractivity contribution in [2.75, 3.05) is 5.32 Å². The van der Waals surface area contributed by atoms with Crippen molar-refractivity contribution in [2.45, 2.75) is 0 Å². The Kier molecular flexibility index (Phi) is 6.33. The minimum atomic E-state index is -0.625. The number of carbonyl (C=O) groups excluding carboxylic acids is 1. The molecule has 0 saturated carbocycles. The number of amides is 1. The summed E-state index contributed by atoms with van der Waals surface area (Å²) in [5.41, 5.74) is 0.814. The van der Waals surface area contributed by atoms with Crippen molar-refractivity contribution in [3.63, 3.8) is 0 Å². The molecule has 1 amide bonds. The van der Waals surface area contributed by atoms with Gasteiger partial charge in [-0.1, -0.05) is 46.4 Å². The zero-order valence-electron chi connectivity index (χ0n) is 14.0. The molecule has 0 bridgehead atoms. The van der Waals surface area contributed by atoms with Crippen molar-refractivity contribution >= 4 is 64.1 Å². The Labute approximate surface area is 180 Å². The molecule has 0 unspecified atom stereocenters. The summed E-state index contributed by atoms with van der Waals surface area (Å²) in [6.07, 6.45) is 1.32. The quantitative estimate of drug-likeness (QED) is 0.339. The van der Waals surface area contributed by atoms with E-state index in [1.807, 2.05) is 6.07 Å². The third kappa shape index (κ3) is 4.89. The topological polar surface area (TPSA) is 66.0 Å². The maximum Gasteiger partial charge on any atom is 0.266 e. The Morgan fingerprint density at radius 2 is 1.68 bits per heavy atom. The molecule has 8 heteroatoms. The highest BCUT2D eigenvalue weighted by atomic mass is 35.5. The van der Waals surface area contributed by atoms with Crippen molar-refractivity contribution in [3.05, 3.63) is 80.0 Å². The van der Waals surface area contributed by atoms with Gasteiger partial charge in [0.15, 0.2) is 0 Å². The Bertz CT molecular complexity index is 1110. The Morgan fingerprint density at radius 3 is 2.36 bits per heavy atom. The lowest BCUT2D eigenvalue weighted by molar-refractivity contribution is -0.112. The first-order valence-electron chi connectivity index (χ1n) is 7.80. The van der Waals surface area contributed by atoms with E-state index in [1.165, 1.54) is 24.3 Å². The van der Waals surface area contributed by atoms with Gasteiger partial charge in [-0.05, 0) is 48.5 Å². The van der Waals surface area contributed by atoms with Crippen LogP contribution in [0.3, 0.4) is 0 Å². The lowest BCUT2D eigenvalue weighted by atomic mass is 10.2. The molecule has 140 valence electrons. The van der Waals surface area contributed by atoms with Crippen molar-refractivity contribution in [3.8, 4) is 17.4 Å². The summed E-state index contributed by atoms with van der Waals surface area (Å²) in [6, 6.07) is 14.7. The largest absolute Gasteiger partial charge is 0.457 e. The summed E-state index contributed by atoms with van der Waals surface area (Å²) in [7, 11) is 0. The zero-order valence-corrected chi connectivity index (χ0v) is 17.0. The molecule has 0 radical (unpaired) electrons. The molecule has 2 aromatic carbocycles. The maximum absolute atomic E-state index is 12.4. The molecule has 28 heavy (non-hydrogen) atoms. The van der Waals surface area contributed by atoms with Crippen molar-refractivity contribution in [2.24, 2.45) is 0 Å². The Balaban J connectivity index is 1.85. The van der Waals surface area contributed by atoms with Crippen LogP contribution in [0.25, 0.3) is 17.4 Å². The zero-order chi connectivity index (χ0) is 20.3. The van der Waals surface area contributed by atoms with E-state index >= 15 is 0 Å². The monoisotopic (exact) mass is 450 g/mol. The molecule has 0 spiro atoms. The first-order chi connectivity index (χ1) is 13.4. The van der Waals surface area contributed by atoms with Gasteiger partial charge in [0.1, 0.15) is 23.2 Å². The molecule has 0 aliphatic carbocycles. The van der Waals surface area contributed by atoms with Gasteiger partial charge in [0.25, 0.3) is 5.91 Å². The molecule has 1 heterocycles. The van der Waals surface area contributed by atoms with Crippen LogP contribution >= 0.6 is 46.4 Å². The van der Waals surface area contributed by atoms with Crippen LogP contribution in [0.1, 0.15) is 5.76 Å². The second-order valence-electron chi connectivity index (χ2n) is 5.61. The fourth-order valence-corrected chi connectivity index (χ4v) is 3.29. The number of hydrogen-bond donors (Lipinski definition) is 1. The standard InChI is InChI=1S/C20H10Cl4N2O2/c21-12-1-3-18(24)17(9-12)19-4-2-16(28-19)5-11(10-25)20(27)26-15-7-13(22)6-14(23)8-15/h1-9H,(H,26,27)/b11-5+. The number of rotatable bonds is 4. The van der Waals surface area contributed by atoms with Crippen molar-refractivity contribution in [1.82, 2.24) is 0 Å². The summed E-state index contributed by atoms with van der Waals surface area (Å²) < 4.78 is 5.68. The van der Waals surface area contributed by atoms with E-state index in [4.69, 9.17) is 50.8 Å². The molecule has 0 aliphatic heterocycles. The van der Waals surface area contributed by atoms with Gasteiger partial charge >= 0.3 is 0 Å². The van der Waals surface area contributed by atoms with Crippen LogP contribution in [-0.2, 0) is 4.79 Å². The molecule has 3 rings (SSSR count). The predicted octanol–water partition coefficient (Wildman–Crippen LogP) is 7.11. The van der Waals surface area contributed by atoms with Crippen LogP contribution in [-0.4, -0.2) is 5.91 Å². The maximum atomic E-state index is 12.4. The van der Waals surface area contributed by atoms with E-state index in [1.54, 1.807) is 30.3 Å². The highest BCUT2D eigenvalue weighted by molar-refractivity contribution is 6.35. The summed E-state index contributed by atoms with van der Waals surface area (Å²) in [5, 5.41) is 13.6. The van der Waals surface area contributed by atoms with Crippen LogP contribution < -0.4 is 5.32 Å². The normalized spacial score (nSPS) is 11.2. The van der Waals surface area contributed by atoms with Gasteiger partial charge in [-0.2, -0.15) is 5.26 Å². The summed E-state index contributed by atoms with van der Waals surface area (Å²) in [4.78, 5) is 12.4. The lowest BCUT2D eigenvalue weighted by Gasteiger charge is -2.05. The van der Waals surface area contributed by atoms with Gasteiger partial charge in [0.05, 0.1) is 5.02 Å². The van der Waals surface area contributed by atoms with Gasteiger partial charge in [-0.25, -0.2) is 0 Å². The van der Waals surface area contributed by atoms with Crippen molar-refractivity contribution in [1.29, 1.82) is 5.26 Å². The molecule has 4 nitrogen and oxygen atoms in total. The van der Waals surface area contributed by atoms with Gasteiger partial charge in [-0.3, -0.25) is 4.79 Å². The summed E-state index contributed by atoms with van der Waals surface area (Å²) in [5.74, 6) is 0.138. The van der Waals surface area contributed by atoms with Crippen LogP contribution in [0, 0.1) is 11.3 Å². The SMILES string of the molecule is N#C/C(=C\c1ccc(-c2cc(Cl)ccc2Cl)o1)C(=O)Nc1cc(Cl)cc(Cl)c1. The summed E-state index contributed by atoms with van der Waals surface area (Å²) >= 11 is 24.0. The third-order valence-electron chi connectivity index (χ3n) is 3.59.